The molecular weight excluding hydrogens is 258 g/mol. The first-order chi connectivity index (χ1) is 9.13. The summed E-state index contributed by atoms with van der Waals surface area (Å²) in [5.41, 5.74) is 1.08. The third kappa shape index (κ3) is 3.00. The van der Waals surface area contributed by atoms with Crippen LogP contribution >= 0.6 is 0 Å². The van der Waals surface area contributed by atoms with Crippen LogP contribution in [-0.2, 0) is 6.61 Å². The average Bonchev–Trinajstić information content (AvgIpc) is 2.86. The number of H-pyrrole nitrogens is 1. The number of ether oxygens (including phenoxy) is 2. The molecule has 0 bridgehead atoms. The Balaban J connectivity index is 2.36. The summed E-state index contributed by atoms with van der Waals surface area (Å²) in [6, 6.07) is 4.55. The lowest BCUT2D eigenvalue weighted by atomic mass is 10.2. The third-order valence-electron chi connectivity index (χ3n) is 2.45. The highest BCUT2D eigenvalue weighted by Gasteiger charge is 2.13. The Morgan fingerprint density at radius 3 is 2.74 bits per heavy atom. The van der Waals surface area contributed by atoms with Crippen molar-refractivity contribution in [1.29, 1.82) is 0 Å². The van der Waals surface area contributed by atoms with E-state index in [2.05, 4.69) is 14.7 Å². The average molecular weight is 270 g/mol. The molecule has 0 aliphatic heterocycles. The van der Waals surface area contributed by atoms with Gasteiger partial charge in [0.1, 0.15) is 5.82 Å². The second-order valence-corrected chi connectivity index (χ2v) is 3.66. The molecule has 0 aliphatic rings. The smallest absolute Gasteiger partial charge is 0.387 e. The van der Waals surface area contributed by atoms with Crippen molar-refractivity contribution in [1.82, 2.24) is 9.97 Å². The third-order valence-corrected chi connectivity index (χ3v) is 2.45. The molecule has 0 saturated carbocycles. The summed E-state index contributed by atoms with van der Waals surface area (Å²) in [5, 5.41) is 8.94. The van der Waals surface area contributed by atoms with E-state index in [9.17, 15) is 8.78 Å². The van der Waals surface area contributed by atoms with E-state index in [4.69, 9.17) is 9.84 Å². The van der Waals surface area contributed by atoms with Gasteiger partial charge in [0.05, 0.1) is 25.6 Å². The van der Waals surface area contributed by atoms with E-state index < -0.39 is 6.61 Å². The maximum atomic E-state index is 12.3. The van der Waals surface area contributed by atoms with Crippen LogP contribution in [0.1, 0.15) is 5.69 Å². The fourth-order valence-electron chi connectivity index (χ4n) is 1.60. The highest BCUT2D eigenvalue weighted by atomic mass is 19.3. The SMILES string of the molecule is COc1ccc(-c2ncc(CO)[nH]2)cc1OC(F)F. The van der Waals surface area contributed by atoms with Gasteiger partial charge in [-0.2, -0.15) is 8.78 Å². The monoisotopic (exact) mass is 270 g/mol. The van der Waals surface area contributed by atoms with Crippen molar-refractivity contribution in [2.45, 2.75) is 13.2 Å². The van der Waals surface area contributed by atoms with Crippen molar-refractivity contribution < 1.29 is 23.4 Å². The second-order valence-electron chi connectivity index (χ2n) is 3.66. The van der Waals surface area contributed by atoms with Crippen molar-refractivity contribution in [2.75, 3.05) is 7.11 Å². The van der Waals surface area contributed by atoms with Gasteiger partial charge < -0.3 is 19.6 Å². The fraction of sp³-hybridized carbons (Fsp3) is 0.250. The molecule has 2 aromatic rings. The Hall–Kier alpha value is -2.15. The molecule has 2 N–H and O–H groups in total. The maximum Gasteiger partial charge on any atom is 0.387 e. The van der Waals surface area contributed by atoms with Crippen molar-refractivity contribution in [3.63, 3.8) is 0 Å². The van der Waals surface area contributed by atoms with Gasteiger partial charge in [0, 0.05) is 5.56 Å². The number of aromatic amines is 1. The minimum absolute atomic E-state index is 0.0723. The first-order valence-electron chi connectivity index (χ1n) is 5.42. The van der Waals surface area contributed by atoms with Gasteiger partial charge in [0.25, 0.3) is 0 Å². The highest BCUT2D eigenvalue weighted by Crippen LogP contribution is 2.32. The van der Waals surface area contributed by atoms with Crippen molar-refractivity contribution in [3.05, 3.63) is 30.1 Å². The van der Waals surface area contributed by atoms with Gasteiger partial charge in [-0.3, -0.25) is 0 Å². The Morgan fingerprint density at radius 1 is 1.37 bits per heavy atom. The number of aromatic nitrogens is 2. The lowest BCUT2D eigenvalue weighted by Gasteiger charge is -2.10. The Kier molecular flexibility index (Phi) is 3.96. The van der Waals surface area contributed by atoms with Crippen LogP contribution in [0.4, 0.5) is 8.78 Å². The Labute approximate surface area is 107 Å². The number of imidazole rings is 1. The summed E-state index contributed by atoms with van der Waals surface area (Å²) in [7, 11) is 1.37. The molecule has 5 nitrogen and oxygen atoms in total. The molecule has 1 aromatic heterocycles. The molecule has 0 amide bonds. The number of nitrogens with one attached hydrogen (secondary N) is 1. The molecule has 2 rings (SSSR count). The Bertz CT molecular complexity index is 558. The van der Waals surface area contributed by atoms with E-state index in [-0.39, 0.29) is 18.1 Å². The van der Waals surface area contributed by atoms with Crippen LogP contribution in [0.2, 0.25) is 0 Å². The van der Waals surface area contributed by atoms with E-state index in [0.29, 0.717) is 17.1 Å². The number of hydrogen-bond donors (Lipinski definition) is 2. The van der Waals surface area contributed by atoms with Crippen LogP contribution in [0.3, 0.4) is 0 Å². The van der Waals surface area contributed by atoms with Crippen LogP contribution in [0.5, 0.6) is 11.5 Å². The molecule has 7 heteroatoms. The minimum atomic E-state index is -2.94. The summed E-state index contributed by atoms with van der Waals surface area (Å²) in [6.45, 7) is -3.11. The van der Waals surface area contributed by atoms with Gasteiger partial charge in [0.15, 0.2) is 11.5 Å². The molecular formula is C12H12F2N2O3. The number of aliphatic hydroxyl groups is 1. The first-order valence-corrected chi connectivity index (χ1v) is 5.42. The molecule has 102 valence electrons. The number of alkyl halides is 2. The largest absolute Gasteiger partial charge is 0.493 e. The minimum Gasteiger partial charge on any atom is -0.493 e. The lowest BCUT2D eigenvalue weighted by Crippen LogP contribution is -2.03. The van der Waals surface area contributed by atoms with Crippen LogP contribution in [0, 0.1) is 0 Å². The zero-order valence-corrected chi connectivity index (χ0v) is 10.1. The summed E-state index contributed by atoms with van der Waals surface area (Å²) < 4.78 is 33.9. The summed E-state index contributed by atoms with van der Waals surface area (Å²) in [4.78, 5) is 6.89. The fourth-order valence-corrected chi connectivity index (χ4v) is 1.60. The predicted molar refractivity (Wildman–Crippen MR) is 63.1 cm³/mol. The molecule has 1 aromatic carbocycles. The summed E-state index contributed by atoms with van der Waals surface area (Å²) >= 11 is 0. The van der Waals surface area contributed by atoms with Crippen molar-refractivity contribution in [3.8, 4) is 22.9 Å². The van der Waals surface area contributed by atoms with Gasteiger partial charge in [-0.05, 0) is 18.2 Å². The molecule has 0 saturated heterocycles. The number of hydrogen-bond acceptors (Lipinski definition) is 4. The summed E-state index contributed by atoms with van der Waals surface area (Å²) in [5.74, 6) is 0.584. The van der Waals surface area contributed by atoms with Gasteiger partial charge in [-0.1, -0.05) is 0 Å². The van der Waals surface area contributed by atoms with E-state index in [1.807, 2.05) is 0 Å². The van der Waals surface area contributed by atoms with Gasteiger partial charge in [-0.25, -0.2) is 4.98 Å². The van der Waals surface area contributed by atoms with E-state index in [1.54, 1.807) is 6.07 Å². The van der Waals surface area contributed by atoms with Crippen LogP contribution in [0.15, 0.2) is 24.4 Å². The number of nitrogens with zero attached hydrogens (tertiary/aromatic N) is 1. The number of aliphatic hydroxyl groups excluding tert-OH is 1. The quantitative estimate of drug-likeness (QED) is 0.873. The zero-order chi connectivity index (χ0) is 13.8. The predicted octanol–water partition coefficient (Wildman–Crippen LogP) is 2.18. The van der Waals surface area contributed by atoms with Crippen molar-refractivity contribution in [2.24, 2.45) is 0 Å². The number of benzene rings is 1. The van der Waals surface area contributed by atoms with E-state index in [1.165, 1.54) is 25.4 Å². The standard InChI is InChI=1S/C12H12F2N2O3/c1-18-9-3-2-7(4-10(9)19-12(13)14)11-15-5-8(6-17)16-11/h2-5,12,17H,6H2,1H3,(H,15,16). The first kappa shape index (κ1) is 13.3. The molecule has 0 unspecified atom stereocenters. The van der Waals surface area contributed by atoms with Crippen LogP contribution in [-0.4, -0.2) is 28.8 Å². The topological polar surface area (TPSA) is 67.4 Å². The zero-order valence-electron chi connectivity index (χ0n) is 10.1. The number of rotatable bonds is 5. The molecule has 0 radical (unpaired) electrons. The van der Waals surface area contributed by atoms with E-state index in [0.717, 1.165) is 0 Å². The van der Waals surface area contributed by atoms with Crippen LogP contribution < -0.4 is 9.47 Å². The number of methoxy groups -OCH3 is 1. The number of halogens is 2. The second kappa shape index (κ2) is 5.66. The molecule has 0 aliphatic carbocycles. The van der Waals surface area contributed by atoms with Gasteiger partial charge in [-0.15, -0.1) is 0 Å². The van der Waals surface area contributed by atoms with Crippen LogP contribution in [0.25, 0.3) is 11.4 Å². The molecule has 0 fully saturated rings. The van der Waals surface area contributed by atoms with Crippen molar-refractivity contribution >= 4 is 0 Å². The van der Waals surface area contributed by atoms with Gasteiger partial charge >= 0.3 is 6.61 Å². The molecule has 0 atom stereocenters. The molecule has 1 heterocycles. The van der Waals surface area contributed by atoms with E-state index >= 15 is 0 Å². The normalized spacial score (nSPS) is 10.8. The molecule has 19 heavy (non-hydrogen) atoms. The molecule has 0 spiro atoms. The lowest BCUT2D eigenvalue weighted by molar-refractivity contribution is -0.0511. The summed E-state index contributed by atoms with van der Waals surface area (Å²) in [6.07, 6.45) is 1.47. The van der Waals surface area contributed by atoms with Gasteiger partial charge in [0.2, 0.25) is 0 Å². The Morgan fingerprint density at radius 2 is 2.16 bits per heavy atom. The maximum absolute atomic E-state index is 12.3. The highest BCUT2D eigenvalue weighted by molar-refractivity contribution is 5.61.